The summed E-state index contributed by atoms with van der Waals surface area (Å²) < 4.78 is 0. The number of hydrogen-bond donors (Lipinski definition) is 3. The van der Waals surface area contributed by atoms with Gasteiger partial charge in [-0.25, -0.2) is 0 Å². The summed E-state index contributed by atoms with van der Waals surface area (Å²) in [6, 6.07) is 12.1. The van der Waals surface area contributed by atoms with Crippen molar-refractivity contribution in [3.05, 3.63) is 63.7 Å². The molecule has 0 heterocycles. The Balaban J connectivity index is 2.06. The van der Waals surface area contributed by atoms with Gasteiger partial charge in [-0.2, -0.15) is 0 Å². The van der Waals surface area contributed by atoms with Crippen molar-refractivity contribution in [1.29, 1.82) is 0 Å². The van der Waals surface area contributed by atoms with Crippen LogP contribution >= 0.6 is 0 Å². The summed E-state index contributed by atoms with van der Waals surface area (Å²) in [5.74, 6) is -0.490. The zero-order chi connectivity index (χ0) is 16.8. The summed E-state index contributed by atoms with van der Waals surface area (Å²) in [6.45, 7) is 1.53. The van der Waals surface area contributed by atoms with E-state index in [0.717, 1.165) is 11.3 Å². The molecule has 0 aromatic heterocycles. The van der Waals surface area contributed by atoms with E-state index < -0.39 is 17.4 Å². The Morgan fingerprint density at radius 3 is 2.65 bits per heavy atom. The van der Waals surface area contributed by atoms with Crippen molar-refractivity contribution in [3.8, 4) is 0 Å². The van der Waals surface area contributed by atoms with Gasteiger partial charge >= 0.3 is 0 Å². The van der Waals surface area contributed by atoms with E-state index in [1.807, 2.05) is 12.1 Å². The lowest BCUT2D eigenvalue weighted by molar-refractivity contribution is -0.385. The first-order valence-electron chi connectivity index (χ1n) is 6.98. The lowest BCUT2D eigenvalue weighted by Crippen LogP contribution is -2.15. The maximum atomic E-state index is 11.2. The van der Waals surface area contributed by atoms with Crippen LogP contribution in [-0.4, -0.2) is 22.5 Å². The molecule has 0 unspecified atom stereocenters. The molecule has 0 spiro atoms. The van der Waals surface area contributed by atoms with Gasteiger partial charge in [0, 0.05) is 29.5 Å². The van der Waals surface area contributed by atoms with Crippen molar-refractivity contribution < 1.29 is 14.8 Å². The van der Waals surface area contributed by atoms with E-state index in [1.165, 1.54) is 0 Å². The van der Waals surface area contributed by atoms with E-state index in [2.05, 4.69) is 10.6 Å². The Kier molecular flexibility index (Phi) is 5.27. The highest BCUT2D eigenvalue weighted by molar-refractivity contribution is 5.91. The number of rotatable bonds is 6. The molecular formula is C16H17N3O4. The normalized spacial score (nSPS) is 10.2. The van der Waals surface area contributed by atoms with Gasteiger partial charge in [-0.05, 0) is 30.7 Å². The van der Waals surface area contributed by atoms with E-state index in [-0.39, 0.29) is 5.69 Å². The number of aryl methyl sites for hydroxylation is 1. The van der Waals surface area contributed by atoms with Gasteiger partial charge in [-0.1, -0.05) is 18.2 Å². The molecule has 2 aromatic rings. The summed E-state index contributed by atoms with van der Waals surface area (Å²) in [4.78, 5) is 21.7. The van der Waals surface area contributed by atoms with Crippen molar-refractivity contribution in [2.75, 3.05) is 17.2 Å². The van der Waals surface area contributed by atoms with Gasteiger partial charge < -0.3 is 15.7 Å². The molecule has 120 valence electrons. The van der Waals surface area contributed by atoms with Crippen LogP contribution in [0.4, 0.5) is 17.1 Å². The van der Waals surface area contributed by atoms with Gasteiger partial charge in [0.2, 0.25) is 5.91 Å². The number of benzene rings is 2. The van der Waals surface area contributed by atoms with Crippen molar-refractivity contribution in [3.63, 3.8) is 0 Å². The fraction of sp³-hybridized carbons (Fsp3) is 0.188. The molecule has 0 fully saturated rings. The molecule has 23 heavy (non-hydrogen) atoms. The van der Waals surface area contributed by atoms with Crippen LogP contribution in [-0.2, 0) is 11.3 Å². The number of carbonyl (C=O) groups is 1. The van der Waals surface area contributed by atoms with Crippen LogP contribution in [0.1, 0.15) is 11.1 Å². The fourth-order valence-electron chi connectivity index (χ4n) is 2.07. The highest BCUT2D eigenvalue weighted by Crippen LogP contribution is 2.21. The van der Waals surface area contributed by atoms with Crippen LogP contribution < -0.4 is 10.6 Å². The zero-order valence-electron chi connectivity index (χ0n) is 12.6. The average molecular weight is 315 g/mol. The van der Waals surface area contributed by atoms with Gasteiger partial charge in [0.1, 0.15) is 6.61 Å². The lowest BCUT2D eigenvalue weighted by atomic mass is 10.1. The standard InChI is InChI=1S/C16H17N3O4/c1-11-5-6-12(7-15(11)19(22)23)9-17-13-3-2-4-14(8-13)18-16(21)10-20/h2-8,17,20H,9-10H2,1H3,(H,18,21). The molecule has 0 saturated heterocycles. The van der Waals surface area contributed by atoms with E-state index >= 15 is 0 Å². The van der Waals surface area contributed by atoms with Crippen LogP contribution in [0, 0.1) is 17.0 Å². The second-order valence-corrected chi connectivity index (χ2v) is 5.02. The second-order valence-electron chi connectivity index (χ2n) is 5.02. The minimum Gasteiger partial charge on any atom is -0.387 e. The summed E-state index contributed by atoms with van der Waals surface area (Å²) in [5.41, 5.74) is 2.81. The molecule has 0 aliphatic heterocycles. The van der Waals surface area contributed by atoms with Crippen LogP contribution in [0.25, 0.3) is 0 Å². The SMILES string of the molecule is Cc1ccc(CNc2cccc(NC(=O)CO)c2)cc1[N+](=O)[O-]. The quantitative estimate of drug-likeness (QED) is 0.561. The van der Waals surface area contributed by atoms with E-state index in [1.54, 1.807) is 37.3 Å². The van der Waals surface area contributed by atoms with Crippen LogP contribution in [0.2, 0.25) is 0 Å². The maximum Gasteiger partial charge on any atom is 0.272 e. The van der Waals surface area contributed by atoms with E-state index in [4.69, 9.17) is 5.11 Å². The second kappa shape index (κ2) is 7.37. The van der Waals surface area contributed by atoms with Gasteiger partial charge in [-0.3, -0.25) is 14.9 Å². The number of nitro benzene ring substituents is 1. The number of hydrogen-bond acceptors (Lipinski definition) is 5. The topological polar surface area (TPSA) is 104 Å². The molecule has 0 bridgehead atoms. The highest BCUT2D eigenvalue weighted by atomic mass is 16.6. The van der Waals surface area contributed by atoms with Crippen LogP contribution in [0.5, 0.6) is 0 Å². The molecule has 0 aliphatic carbocycles. The first kappa shape index (κ1) is 16.4. The number of nitrogens with one attached hydrogen (secondary N) is 2. The molecular weight excluding hydrogens is 298 g/mol. The third kappa shape index (κ3) is 4.52. The molecule has 0 atom stereocenters. The predicted molar refractivity (Wildman–Crippen MR) is 87.3 cm³/mol. The van der Waals surface area contributed by atoms with Crippen LogP contribution in [0.3, 0.4) is 0 Å². The Morgan fingerprint density at radius 2 is 1.96 bits per heavy atom. The fourth-order valence-corrected chi connectivity index (χ4v) is 2.07. The molecule has 1 amide bonds. The Bertz CT molecular complexity index is 731. The molecule has 0 radical (unpaired) electrons. The number of carbonyl (C=O) groups excluding carboxylic acids is 1. The highest BCUT2D eigenvalue weighted by Gasteiger charge is 2.10. The molecule has 7 nitrogen and oxygen atoms in total. The zero-order valence-corrected chi connectivity index (χ0v) is 12.6. The molecule has 2 rings (SSSR count). The number of aliphatic hydroxyl groups excluding tert-OH is 1. The van der Waals surface area contributed by atoms with Gasteiger partial charge in [0.15, 0.2) is 0 Å². The Labute approximate surface area is 133 Å². The first-order valence-corrected chi connectivity index (χ1v) is 6.98. The molecule has 3 N–H and O–H groups in total. The van der Waals surface area contributed by atoms with E-state index in [9.17, 15) is 14.9 Å². The minimum absolute atomic E-state index is 0.0910. The monoisotopic (exact) mass is 315 g/mol. The number of nitro groups is 1. The smallest absolute Gasteiger partial charge is 0.272 e. The number of amides is 1. The minimum atomic E-state index is -0.579. The Hall–Kier alpha value is -2.93. The van der Waals surface area contributed by atoms with Crippen molar-refractivity contribution >= 4 is 23.0 Å². The average Bonchev–Trinajstić information content (AvgIpc) is 2.54. The molecule has 0 aliphatic rings. The van der Waals surface area contributed by atoms with Gasteiger partial charge in [-0.15, -0.1) is 0 Å². The third-order valence-electron chi connectivity index (χ3n) is 3.26. The largest absolute Gasteiger partial charge is 0.387 e. The van der Waals surface area contributed by atoms with E-state index in [0.29, 0.717) is 17.8 Å². The number of aliphatic hydroxyl groups is 1. The number of anilines is 2. The van der Waals surface area contributed by atoms with Gasteiger partial charge in [0.05, 0.1) is 4.92 Å². The number of nitrogens with zero attached hydrogens (tertiary/aromatic N) is 1. The summed E-state index contributed by atoms with van der Waals surface area (Å²) in [5, 5.41) is 25.4. The summed E-state index contributed by atoms with van der Waals surface area (Å²) >= 11 is 0. The maximum absolute atomic E-state index is 11.2. The third-order valence-corrected chi connectivity index (χ3v) is 3.26. The first-order chi connectivity index (χ1) is 11.0. The summed E-state index contributed by atoms with van der Waals surface area (Å²) in [7, 11) is 0. The molecule has 7 heteroatoms. The predicted octanol–water partition coefficient (Wildman–Crippen LogP) is 2.45. The Morgan fingerprint density at radius 1 is 1.22 bits per heavy atom. The lowest BCUT2D eigenvalue weighted by Gasteiger charge is -2.09. The molecule has 0 saturated carbocycles. The van der Waals surface area contributed by atoms with Crippen molar-refractivity contribution in [2.24, 2.45) is 0 Å². The molecule has 2 aromatic carbocycles. The van der Waals surface area contributed by atoms with Crippen molar-refractivity contribution in [1.82, 2.24) is 0 Å². The van der Waals surface area contributed by atoms with Crippen molar-refractivity contribution in [2.45, 2.75) is 13.5 Å². The van der Waals surface area contributed by atoms with Crippen LogP contribution in [0.15, 0.2) is 42.5 Å². The van der Waals surface area contributed by atoms with Gasteiger partial charge in [0.25, 0.3) is 5.69 Å². The summed E-state index contributed by atoms with van der Waals surface area (Å²) in [6.07, 6.45) is 0.